The van der Waals surface area contributed by atoms with Crippen LogP contribution in [0.3, 0.4) is 0 Å². The largest absolute Gasteiger partial charge is 0.506 e. The Hall–Kier alpha value is -4.85. The van der Waals surface area contributed by atoms with Crippen molar-refractivity contribution in [3.05, 3.63) is 125 Å². The highest BCUT2D eigenvalue weighted by atomic mass is 19.1. The monoisotopic (exact) mass is 483 g/mol. The number of ketones is 1. The Labute approximate surface area is 204 Å². The van der Waals surface area contributed by atoms with Gasteiger partial charge in [-0.2, -0.15) is 0 Å². The van der Waals surface area contributed by atoms with Crippen LogP contribution in [0.4, 0.5) is 8.78 Å². The number of halogens is 2. The van der Waals surface area contributed by atoms with Crippen LogP contribution >= 0.6 is 0 Å². The molecule has 6 nitrogen and oxygen atoms in total. The van der Waals surface area contributed by atoms with Gasteiger partial charge in [-0.1, -0.05) is 42.5 Å². The second kappa shape index (κ2) is 9.79. The molecule has 0 aliphatic carbocycles. The van der Waals surface area contributed by atoms with E-state index in [0.717, 1.165) is 17.7 Å². The number of allylic oxidation sites excluding steroid dienone is 1. The van der Waals surface area contributed by atoms with Gasteiger partial charge in [0.2, 0.25) is 5.78 Å². The van der Waals surface area contributed by atoms with E-state index in [-0.39, 0.29) is 29.1 Å². The third-order valence-corrected chi connectivity index (χ3v) is 5.45. The van der Waals surface area contributed by atoms with Crippen molar-refractivity contribution >= 4 is 28.1 Å². The number of hydrogen-bond acceptors (Lipinski definition) is 5. The Balaban J connectivity index is 1.59. The SMILES string of the molecule is O=C(C(=C(O)c1cncc(OCc2ccccc2)c1)c1nc2ccccc2[nH]1)c1cc(F)cc(F)c1. The van der Waals surface area contributed by atoms with Crippen LogP contribution in [0.5, 0.6) is 5.75 Å². The van der Waals surface area contributed by atoms with Crippen molar-refractivity contribution in [1.82, 2.24) is 15.0 Å². The number of aliphatic hydroxyl groups excluding tert-OH is 1. The summed E-state index contributed by atoms with van der Waals surface area (Å²) < 4.78 is 33.6. The highest BCUT2D eigenvalue weighted by Crippen LogP contribution is 2.29. The van der Waals surface area contributed by atoms with Crippen molar-refractivity contribution in [2.24, 2.45) is 0 Å². The molecule has 2 aromatic heterocycles. The number of hydrogen-bond donors (Lipinski definition) is 2. The van der Waals surface area contributed by atoms with Gasteiger partial charge in [0.15, 0.2) is 0 Å². The number of nitrogens with one attached hydrogen (secondary N) is 1. The maximum Gasteiger partial charge on any atom is 0.200 e. The van der Waals surface area contributed by atoms with E-state index in [0.29, 0.717) is 22.8 Å². The van der Waals surface area contributed by atoms with E-state index in [9.17, 15) is 18.7 Å². The highest BCUT2D eigenvalue weighted by molar-refractivity contribution is 6.33. The molecule has 5 aromatic rings. The van der Waals surface area contributed by atoms with Crippen LogP contribution in [0.1, 0.15) is 27.3 Å². The first-order valence-electron chi connectivity index (χ1n) is 11.0. The summed E-state index contributed by atoms with van der Waals surface area (Å²) in [6, 6.07) is 20.5. The summed E-state index contributed by atoms with van der Waals surface area (Å²) in [7, 11) is 0. The summed E-state index contributed by atoms with van der Waals surface area (Å²) in [4.78, 5) is 25.0. The number of carbonyl (C=O) groups is 1. The first-order chi connectivity index (χ1) is 17.5. The van der Waals surface area contributed by atoms with E-state index in [1.807, 2.05) is 30.3 Å². The van der Waals surface area contributed by atoms with E-state index < -0.39 is 23.2 Å². The van der Waals surface area contributed by atoms with E-state index in [2.05, 4.69) is 15.0 Å². The molecule has 0 atom stereocenters. The molecule has 0 bridgehead atoms. The fourth-order valence-corrected chi connectivity index (χ4v) is 3.74. The standard InChI is InChI=1S/C28H19F2N3O3/c29-20-10-18(11-21(30)13-20)26(34)25(28-32-23-8-4-5-9-24(23)33-28)27(35)19-12-22(15-31-14-19)36-16-17-6-2-1-3-7-17/h1-15,35H,16H2,(H,32,33). The first-order valence-corrected chi connectivity index (χ1v) is 11.0. The smallest absolute Gasteiger partial charge is 0.200 e. The molecule has 0 fully saturated rings. The van der Waals surface area contributed by atoms with Gasteiger partial charge in [-0.25, -0.2) is 13.8 Å². The zero-order chi connectivity index (χ0) is 25.1. The Morgan fingerprint density at radius 3 is 2.36 bits per heavy atom. The Morgan fingerprint density at radius 1 is 0.889 bits per heavy atom. The number of benzene rings is 3. The molecule has 5 rings (SSSR count). The molecule has 2 N–H and O–H groups in total. The third kappa shape index (κ3) is 4.83. The van der Waals surface area contributed by atoms with Crippen molar-refractivity contribution in [3.63, 3.8) is 0 Å². The molecular formula is C28H19F2N3O3. The average Bonchev–Trinajstić information content (AvgIpc) is 3.31. The number of ether oxygens (including phenoxy) is 1. The molecule has 0 aliphatic heterocycles. The van der Waals surface area contributed by atoms with Crippen LogP contribution < -0.4 is 4.74 Å². The molecule has 3 aromatic carbocycles. The van der Waals surface area contributed by atoms with Crippen molar-refractivity contribution in [2.45, 2.75) is 6.61 Å². The van der Waals surface area contributed by atoms with Crippen molar-refractivity contribution in [1.29, 1.82) is 0 Å². The zero-order valence-electron chi connectivity index (χ0n) is 18.8. The summed E-state index contributed by atoms with van der Waals surface area (Å²) in [5, 5.41) is 11.3. The molecular weight excluding hydrogens is 464 g/mol. The van der Waals surface area contributed by atoms with Crippen LogP contribution in [0.15, 0.2) is 91.3 Å². The van der Waals surface area contributed by atoms with Crippen LogP contribution in [-0.4, -0.2) is 25.8 Å². The van der Waals surface area contributed by atoms with Gasteiger partial charge in [0.05, 0.1) is 17.2 Å². The summed E-state index contributed by atoms with van der Waals surface area (Å²) in [5.41, 5.74) is 1.73. The van der Waals surface area contributed by atoms with Gasteiger partial charge >= 0.3 is 0 Å². The lowest BCUT2D eigenvalue weighted by atomic mass is 9.99. The molecule has 0 saturated heterocycles. The molecule has 0 aliphatic rings. The number of aromatic nitrogens is 3. The molecule has 0 spiro atoms. The minimum Gasteiger partial charge on any atom is -0.506 e. The maximum atomic E-state index is 13.9. The number of aromatic amines is 1. The van der Waals surface area contributed by atoms with Gasteiger partial charge in [0.1, 0.15) is 41.1 Å². The lowest BCUT2D eigenvalue weighted by Crippen LogP contribution is -2.09. The zero-order valence-corrected chi connectivity index (χ0v) is 18.8. The number of H-pyrrole nitrogens is 1. The van der Waals surface area contributed by atoms with Gasteiger partial charge < -0.3 is 14.8 Å². The number of carbonyl (C=O) groups excluding carboxylic acids is 1. The molecule has 2 heterocycles. The predicted molar refractivity (Wildman–Crippen MR) is 131 cm³/mol. The number of fused-ring (bicyclic) bond motifs is 1. The number of aliphatic hydroxyl groups is 1. The van der Waals surface area contributed by atoms with Crippen molar-refractivity contribution < 1.29 is 23.4 Å². The lowest BCUT2D eigenvalue weighted by Gasteiger charge is -2.11. The number of nitrogens with zero attached hydrogens (tertiary/aromatic N) is 2. The number of para-hydroxylation sites is 2. The second-order valence-electron chi connectivity index (χ2n) is 8.00. The van der Waals surface area contributed by atoms with Crippen LogP contribution in [0.25, 0.3) is 22.4 Å². The Kier molecular flexibility index (Phi) is 6.23. The normalized spacial score (nSPS) is 11.8. The van der Waals surface area contributed by atoms with Crippen LogP contribution in [0, 0.1) is 11.6 Å². The first kappa shape index (κ1) is 22.9. The fourth-order valence-electron chi connectivity index (χ4n) is 3.74. The topological polar surface area (TPSA) is 88.1 Å². The highest BCUT2D eigenvalue weighted by Gasteiger charge is 2.25. The Morgan fingerprint density at radius 2 is 1.61 bits per heavy atom. The van der Waals surface area contributed by atoms with Gasteiger partial charge in [-0.05, 0) is 35.9 Å². The summed E-state index contributed by atoms with van der Waals surface area (Å²) in [6.45, 7) is 0.272. The molecule has 36 heavy (non-hydrogen) atoms. The molecule has 8 heteroatoms. The number of imidazole rings is 1. The summed E-state index contributed by atoms with van der Waals surface area (Å²) in [5.74, 6) is -2.73. The molecule has 178 valence electrons. The predicted octanol–water partition coefficient (Wildman–Crippen LogP) is 6.12. The van der Waals surface area contributed by atoms with Gasteiger partial charge in [-0.3, -0.25) is 9.78 Å². The minimum absolute atomic E-state index is 0.0407. The minimum atomic E-state index is -0.917. The lowest BCUT2D eigenvalue weighted by molar-refractivity contribution is 0.105. The summed E-state index contributed by atoms with van der Waals surface area (Å²) in [6.07, 6.45) is 2.83. The van der Waals surface area contributed by atoms with E-state index >= 15 is 0 Å². The summed E-state index contributed by atoms with van der Waals surface area (Å²) >= 11 is 0. The van der Waals surface area contributed by atoms with E-state index in [1.54, 1.807) is 24.3 Å². The van der Waals surface area contributed by atoms with Gasteiger partial charge in [0.25, 0.3) is 0 Å². The van der Waals surface area contributed by atoms with Crippen LogP contribution in [0.2, 0.25) is 0 Å². The van der Waals surface area contributed by atoms with Crippen molar-refractivity contribution in [3.8, 4) is 5.75 Å². The number of rotatable bonds is 7. The van der Waals surface area contributed by atoms with Crippen LogP contribution in [-0.2, 0) is 6.61 Å². The molecule has 0 radical (unpaired) electrons. The quantitative estimate of drug-likeness (QED) is 0.165. The third-order valence-electron chi connectivity index (χ3n) is 5.45. The van der Waals surface area contributed by atoms with E-state index in [1.165, 1.54) is 18.5 Å². The maximum absolute atomic E-state index is 13.9. The van der Waals surface area contributed by atoms with Gasteiger partial charge in [-0.15, -0.1) is 0 Å². The van der Waals surface area contributed by atoms with Gasteiger partial charge in [0, 0.05) is 23.4 Å². The molecule has 0 amide bonds. The molecule has 0 unspecified atom stereocenters. The Bertz CT molecular complexity index is 1540. The second-order valence-corrected chi connectivity index (χ2v) is 8.00. The average molecular weight is 483 g/mol. The number of Topliss-reactive ketones (excluding diaryl/α,β-unsaturated/α-hetero) is 1. The molecule has 0 saturated carbocycles. The van der Waals surface area contributed by atoms with Crippen molar-refractivity contribution in [2.75, 3.05) is 0 Å². The fraction of sp³-hybridized carbons (Fsp3) is 0.0357. The van der Waals surface area contributed by atoms with E-state index in [4.69, 9.17) is 4.74 Å². The number of pyridine rings is 1.